The van der Waals surface area contributed by atoms with E-state index in [9.17, 15) is 9.59 Å². The first-order valence-corrected chi connectivity index (χ1v) is 5.74. The van der Waals surface area contributed by atoms with Gasteiger partial charge in [-0.3, -0.25) is 9.59 Å². The van der Waals surface area contributed by atoms with E-state index in [-0.39, 0.29) is 23.2 Å². The van der Waals surface area contributed by atoms with Crippen molar-refractivity contribution >= 4 is 11.9 Å². The molecule has 0 unspecified atom stereocenters. The second-order valence-corrected chi connectivity index (χ2v) is 4.95. The van der Waals surface area contributed by atoms with E-state index in [0.29, 0.717) is 19.6 Å². The maximum absolute atomic E-state index is 11.5. The molecule has 16 heavy (non-hydrogen) atoms. The van der Waals surface area contributed by atoms with Crippen LogP contribution in [-0.4, -0.2) is 25.0 Å². The van der Waals surface area contributed by atoms with Crippen molar-refractivity contribution in [3.8, 4) is 0 Å². The normalized spacial score (nSPS) is 13.1. The molecule has 4 heteroatoms. The predicted molar refractivity (Wildman–Crippen MR) is 62.9 cm³/mol. The van der Waals surface area contributed by atoms with Crippen molar-refractivity contribution in [2.75, 3.05) is 13.2 Å². The van der Waals surface area contributed by atoms with Gasteiger partial charge in [-0.05, 0) is 13.3 Å². The zero-order chi connectivity index (χ0) is 12.8. The zero-order valence-corrected chi connectivity index (χ0v) is 10.9. The smallest absolute Gasteiger partial charge is 0.308 e. The summed E-state index contributed by atoms with van der Waals surface area (Å²) in [7, 11) is 0. The lowest BCUT2D eigenvalue weighted by molar-refractivity contribution is -0.147. The number of hydrogen-bond acceptors (Lipinski definition) is 3. The molecule has 1 amide bonds. The van der Waals surface area contributed by atoms with Crippen LogP contribution in [0.2, 0.25) is 0 Å². The summed E-state index contributed by atoms with van der Waals surface area (Å²) >= 11 is 0. The lowest BCUT2D eigenvalue weighted by Crippen LogP contribution is -2.36. The molecule has 0 heterocycles. The molecule has 1 atom stereocenters. The molecule has 94 valence electrons. The van der Waals surface area contributed by atoms with Crippen molar-refractivity contribution < 1.29 is 14.3 Å². The molecule has 0 spiro atoms. The topological polar surface area (TPSA) is 55.4 Å². The minimum absolute atomic E-state index is 0.00330. The Bertz CT molecular complexity index is 243. The van der Waals surface area contributed by atoms with Gasteiger partial charge in [0.2, 0.25) is 5.91 Å². The molecule has 0 aromatic heterocycles. The van der Waals surface area contributed by atoms with Crippen molar-refractivity contribution in [1.29, 1.82) is 0 Å². The van der Waals surface area contributed by atoms with E-state index in [1.54, 1.807) is 13.8 Å². The number of ether oxygens (including phenoxy) is 1. The minimum Gasteiger partial charge on any atom is -0.466 e. The van der Waals surface area contributed by atoms with E-state index in [2.05, 4.69) is 5.32 Å². The predicted octanol–water partition coefficient (Wildman–Crippen LogP) is 1.74. The second-order valence-electron chi connectivity index (χ2n) is 4.95. The number of carbonyl (C=O) groups excluding carboxylic acids is 2. The molecular formula is C12H23NO3. The van der Waals surface area contributed by atoms with E-state index in [1.165, 1.54) is 0 Å². The molecular weight excluding hydrogens is 206 g/mol. The molecule has 0 saturated carbocycles. The summed E-state index contributed by atoms with van der Waals surface area (Å²) in [5.74, 6) is -0.365. The SMILES string of the molecule is CCOC(=O)[C@H](C)CCNC(=O)C(C)(C)C. The maximum Gasteiger partial charge on any atom is 0.308 e. The van der Waals surface area contributed by atoms with Crippen LogP contribution in [0, 0.1) is 11.3 Å². The van der Waals surface area contributed by atoms with Gasteiger partial charge >= 0.3 is 5.97 Å². The van der Waals surface area contributed by atoms with Gasteiger partial charge < -0.3 is 10.1 Å². The summed E-state index contributed by atoms with van der Waals surface area (Å²) < 4.78 is 4.88. The van der Waals surface area contributed by atoms with Crippen LogP contribution in [0.3, 0.4) is 0 Å². The van der Waals surface area contributed by atoms with E-state index in [0.717, 1.165) is 0 Å². The molecule has 4 nitrogen and oxygen atoms in total. The fraction of sp³-hybridized carbons (Fsp3) is 0.833. The third kappa shape index (κ3) is 5.73. The Hall–Kier alpha value is -1.06. The van der Waals surface area contributed by atoms with Crippen molar-refractivity contribution in [2.24, 2.45) is 11.3 Å². The van der Waals surface area contributed by atoms with Gasteiger partial charge in [-0.15, -0.1) is 0 Å². The summed E-state index contributed by atoms with van der Waals surface area (Å²) in [4.78, 5) is 22.8. The summed E-state index contributed by atoms with van der Waals surface area (Å²) in [5.41, 5.74) is -0.382. The molecule has 0 aromatic rings. The first-order chi connectivity index (χ1) is 7.29. The van der Waals surface area contributed by atoms with Gasteiger partial charge in [0.25, 0.3) is 0 Å². The first-order valence-electron chi connectivity index (χ1n) is 5.74. The first kappa shape index (κ1) is 14.9. The molecule has 0 saturated heterocycles. The van der Waals surface area contributed by atoms with Crippen LogP contribution in [0.5, 0.6) is 0 Å². The molecule has 1 N–H and O–H groups in total. The Morgan fingerprint density at radius 3 is 2.31 bits per heavy atom. The molecule has 0 aliphatic heterocycles. The Kier molecular flexibility index (Phi) is 6.08. The van der Waals surface area contributed by atoms with Gasteiger partial charge in [-0.2, -0.15) is 0 Å². The molecule has 0 bridgehead atoms. The molecule has 0 aliphatic carbocycles. The molecule has 0 radical (unpaired) electrons. The van der Waals surface area contributed by atoms with Crippen molar-refractivity contribution in [2.45, 2.75) is 41.0 Å². The van der Waals surface area contributed by atoms with Crippen molar-refractivity contribution in [1.82, 2.24) is 5.32 Å². The van der Waals surface area contributed by atoms with Crippen LogP contribution in [0.15, 0.2) is 0 Å². The number of hydrogen-bond donors (Lipinski definition) is 1. The molecule has 0 aromatic carbocycles. The third-order valence-corrected chi connectivity index (χ3v) is 2.23. The van der Waals surface area contributed by atoms with Gasteiger partial charge in [-0.25, -0.2) is 0 Å². The monoisotopic (exact) mass is 229 g/mol. The van der Waals surface area contributed by atoms with Crippen LogP contribution in [0.4, 0.5) is 0 Å². The standard InChI is InChI=1S/C12H23NO3/c1-6-16-10(14)9(2)7-8-13-11(15)12(3,4)5/h9H,6-8H2,1-5H3,(H,13,15)/t9-/m1/s1. The van der Waals surface area contributed by atoms with Crippen LogP contribution >= 0.6 is 0 Å². The Balaban J connectivity index is 3.82. The Morgan fingerprint density at radius 2 is 1.88 bits per heavy atom. The average Bonchev–Trinajstić information content (AvgIpc) is 2.16. The molecule has 0 rings (SSSR count). The third-order valence-electron chi connectivity index (χ3n) is 2.23. The van der Waals surface area contributed by atoms with Gasteiger partial charge in [0.1, 0.15) is 0 Å². The van der Waals surface area contributed by atoms with Crippen molar-refractivity contribution in [3.05, 3.63) is 0 Å². The van der Waals surface area contributed by atoms with E-state index < -0.39 is 0 Å². The largest absolute Gasteiger partial charge is 0.466 e. The van der Waals surface area contributed by atoms with Crippen LogP contribution < -0.4 is 5.32 Å². The number of nitrogens with one attached hydrogen (secondary N) is 1. The lowest BCUT2D eigenvalue weighted by Gasteiger charge is -2.18. The van der Waals surface area contributed by atoms with Gasteiger partial charge in [0, 0.05) is 12.0 Å². The highest BCUT2D eigenvalue weighted by atomic mass is 16.5. The quantitative estimate of drug-likeness (QED) is 0.730. The Morgan fingerprint density at radius 1 is 1.31 bits per heavy atom. The van der Waals surface area contributed by atoms with E-state index in [1.807, 2.05) is 20.8 Å². The van der Waals surface area contributed by atoms with E-state index in [4.69, 9.17) is 4.74 Å². The number of carbonyl (C=O) groups is 2. The van der Waals surface area contributed by atoms with Gasteiger partial charge in [-0.1, -0.05) is 27.7 Å². The highest BCUT2D eigenvalue weighted by molar-refractivity contribution is 5.81. The average molecular weight is 229 g/mol. The Labute approximate surface area is 97.7 Å². The zero-order valence-electron chi connectivity index (χ0n) is 10.9. The summed E-state index contributed by atoms with van der Waals surface area (Å²) in [6.45, 7) is 10.1. The highest BCUT2D eigenvalue weighted by Crippen LogP contribution is 2.12. The minimum atomic E-state index is -0.382. The van der Waals surface area contributed by atoms with Crippen LogP contribution in [-0.2, 0) is 14.3 Å². The van der Waals surface area contributed by atoms with E-state index >= 15 is 0 Å². The fourth-order valence-electron chi connectivity index (χ4n) is 1.07. The van der Waals surface area contributed by atoms with Gasteiger partial charge in [0.15, 0.2) is 0 Å². The number of rotatable bonds is 5. The fourth-order valence-corrected chi connectivity index (χ4v) is 1.07. The van der Waals surface area contributed by atoms with Crippen LogP contribution in [0.1, 0.15) is 41.0 Å². The lowest BCUT2D eigenvalue weighted by atomic mass is 9.95. The summed E-state index contributed by atoms with van der Waals surface area (Å²) in [6, 6.07) is 0. The maximum atomic E-state index is 11.5. The second kappa shape index (κ2) is 6.51. The summed E-state index contributed by atoms with van der Waals surface area (Å²) in [5, 5.41) is 2.80. The number of amides is 1. The molecule has 0 aliphatic rings. The van der Waals surface area contributed by atoms with Gasteiger partial charge in [0.05, 0.1) is 12.5 Å². The molecule has 0 fully saturated rings. The highest BCUT2D eigenvalue weighted by Gasteiger charge is 2.21. The van der Waals surface area contributed by atoms with Crippen molar-refractivity contribution in [3.63, 3.8) is 0 Å². The van der Waals surface area contributed by atoms with Crippen LogP contribution in [0.25, 0.3) is 0 Å². The summed E-state index contributed by atoms with van der Waals surface area (Å²) in [6.07, 6.45) is 0.612. The number of esters is 1.